The largest absolute Gasteiger partial charge is 0.329 e. The number of benzene rings is 2. The minimum atomic E-state index is -1.55. The van der Waals surface area contributed by atoms with Crippen molar-refractivity contribution in [2.75, 3.05) is 0 Å². The molecule has 6 heteroatoms. The highest BCUT2D eigenvalue weighted by Crippen LogP contribution is 2.32. The molecule has 0 saturated heterocycles. The van der Waals surface area contributed by atoms with Crippen LogP contribution in [0.3, 0.4) is 0 Å². The molecule has 1 atom stereocenters. The van der Waals surface area contributed by atoms with E-state index in [1.165, 1.54) is 0 Å². The van der Waals surface area contributed by atoms with Gasteiger partial charge in [0.05, 0.1) is 28.4 Å². The second-order valence-corrected chi connectivity index (χ2v) is 5.67. The molecule has 4 aromatic rings. The highest BCUT2D eigenvalue weighted by molar-refractivity contribution is 6.29. The van der Waals surface area contributed by atoms with Crippen LogP contribution in [0.2, 0.25) is 5.28 Å². The molecule has 1 unspecified atom stereocenters. The maximum atomic E-state index is 13.4. The Hall–Kier alpha value is -2.37. The molecule has 0 aliphatic carbocycles. The molecule has 109 valence electrons. The number of imidazole rings is 2. The first-order valence-electron chi connectivity index (χ1n) is 6.85. The Bertz CT molecular complexity index is 986. The van der Waals surface area contributed by atoms with Crippen molar-refractivity contribution in [3.8, 4) is 0 Å². The summed E-state index contributed by atoms with van der Waals surface area (Å²) >= 11 is 5.94. The third-order valence-corrected chi connectivity index (χ3v) is 4.08. The van der Waals surface area contributed by atoms with Gasteiger partial charge >= 0.3 is 0 Å². The molecule has 1 N–H and O–H groups in total. The molecular weight excluding hydrogens is 300 g/mol. The van der Waals surface area contributed by atoms with Crippen LogP contribution in [-0.4, -0.2) is 19.5 Å². The number of hydrogen-bond acceptors (Lipinski definition) is 2. The van der Waals surface area contributed by atoms with Crippen LogP contribution in [0.1, 0.15) is 12.5 Å². The lowest BCUT2D eigenvalue weighted by Gasteiger charge is -2.24. The van der Waals surface area contributed by atoms with Gasteiger partial charge in [0.15, 0.2) is 0 Å². The van der Waals surface area contributed by atoms with Crippen molar-refractivity contribution in [3.63, 3.8) is 0 Å². The molecule has 0 saturated carbocycles. The third kappa shape index (κ3) is 1.83. The Morgan fingerprint density at radius 2 is 2.00 bits per heavy atom. The first kappa shape index (κ1) is 13.3. The van der Waals surface area contributed by atoms with E-state index in [-0.39, 0.29) is 5.28 Å². The maximum Gasteiger partial charge on any atom is 0.205 e. The number of nitrogens with zero attached hydrogens (tertiary/aromatic N) is 3. The van der Waals surface area contributed by atoms with E-state index in [1.54, 1.807) is 23.9 Å². The summed E-state index contributed by atoms with van der Waals surface area (Å²) in [6.07, 6.45) is 1.57. The Balaban J connectivity index is 1.99. The van der Waals surface area contributed by atoms with Crippen LogP contribution in [-0.2, 0) is 10.8 Å². The van der Waals surface area contributed by atoms with Crippen molar-refractivity contribution >= 4 is 33.7 Å². The second-order valence-electron chi connectivity index (χ2n) is 5.32. The van der Waals surface area contributed by atoms with Gasteiger partial charge in [0.1, 0.15) is 0 Å². The molecule has 0 bridgehead atoms. The van der Waals surface area contributed by atoms with Gasteiger partial charge < -0.3 is 4.98 Å². The normalized spacial score (nSPS) is 14.5. The van der Waals surface area contributed by atoms with Crippen molar-refractivity contribution in [1.82, 2.24) is 19.5 Å². The van der Waals surface area contributed by atoms with Crippen molar-refractivity contribution in [3.05, 3.63) is 59.6 Å². The van der Waals surface area contributed by atoms with Gasteiger partial charge in [-0.25, -0.2) is 9.97 Å². The van der Waals surface area contributed by atoms with Crippen LogP contribution in [0.4, 0.5) is 0 Å². The highest BCUT2D eigenvalue weighted by atomic mass is 35.5. The summed E-state index contributed by atoms with van der Waals surface area (Å²) in [6.45, 7) is 1.61. The summed E-state index contributed by atoms with van der Waals surface area (Å²) in [5.74, 6) is 0. The zero-order chi connectivity index (χ0) is 15.3. The smallest absolute Gasteiger partial charge is 0.205 e. The van der Waals surface area contributed by atoms with Gasteiger partial charge in [-0.05, 0) is 36.7 Å². The molecule has 4 rings (SSSR count). The van der Waals surface area contributed by atoms with Gasteiger partial charge in [0.25, 0.3) is 0 Å². The molecule has 2 heterocycles. The molecule has 2 aromatic heterocycles. The van der Waals surface area contributed by atoms with Gasteiger partial charge in [0.2, 0.25) is 11.0 Å². The molecule has 0 spiro atoms. The zero-order valence-corrected chi connectivity index (χ0v) is 12.5. The van der Waals surface area contributed by atoms with E-state index in [0.717, 1.165) is 16.6 Å². The highest BCUT2D eigenvalue weighted by Gasteiger charge is 2.32. The number of fused-ring (bicyclic) bond motifs is 2. The number of nitrogens with one attached hydrogen (secondary N) is 1. The lowest BCUT2D eigenvalue weighted by Crippen LogP contribution is -2.29. The van der Waals surface area contributed by atoms with E-state index >= 15 is 0 Å². The van der Waals surface area contributed by atoms with Crippen LogP contribution in [0, 0.1) is 0 Å². The molecule has 0 aliphatic rings. The number of H-pyrrole nitrogens is 1. The minimum absolute atomic E-state index is 0.272. The summed E-state index contributed by atoms with van der Waals surface area (Å²) in [5.41, 5.74) is 1.91. The number of hydrogen-bond donors (Lipinski definition) is 1. The minimum Gasteiger partial charge on any atom is -0.329 e. The number of rotatable bonds is 2. The average molecular weight is 312 g/mol. The number of aromatic nitrogens is 4. The molecule has 1 radical (unpaired) electrons. The number of aromatic amines is 1. The monoisotopic (exact) mass is 311 g/mol. The summed E-state index contributed by atoms with van der Waals surface area (Å²) in [4.78, 5) is 11.5. The van der Waals surface area contributed by atoms with Gasteiger partial charge in [-0.2, -0.15) is 5.11 Å². The summed E-state index contributed by atoms with van der Waals surface area (Å²) in [7, 11) is 0. The summed E-state index contributed by atoms with van der Waals surface area (Å²) < 4.78 is 1.62. The molecule has 2 aromatic carbocycles. The quantitative estimate of drug-likeness (QED) is 0.613. The SMILES string of the molecule is CC([O])(c1cccc2[nH]c(Cl)nc12)n1cnc2ccccc21. The number of halogens is 1. The van der Waals surface area contributed by atoms with E-state index < -0.39 is 5.72 Å². The zero-order valence-electron chi connectivity index (χ0n) is 11.7. The van der Waals surface area contributed by atoms with Crippen molar-refractivity contribution < 1.29 is 5.11 Å². The van der Waals surface area contributed by atoms with E-state index in [0.29, 0.717) is 11.1 Å². The second kappa shape index (κ2) is 4.56. The van der Waals surface area contributed by atoms with E-state index in [2.05, 4.69) is 15.0 Å². The van der Waals surface area contributed by atoms with Crippen LogP contribution in [0.25, 0.3) is 22.1 Å². The molecule has 0 fully saturated rings. The summed E-state index contributed by atoms with van der Waals surface area (Å²) in [5, 5.41) is 13.7. The van der Waals surface area contributed by atoms with E-state index in [1.807, 2.05) is 36.4 Å². The fraction of sp³-hybridized carbons (Fsp3) is 0.125. The first-order chi connectivity index (χ1) is 10.6. The van der Waals surface area contributed by atoms with Crippen molar-refractivity contribution in [2.24, 2.45) is 0 Å². The predicted octanol–water partition coefficient (Wildman–Crippen LogP) is 3.72. The van der Waals surface area contributed by atoms with E-state index in [9.17, 15) is 5.11 Å². The lowest BCUT2D eigenvalue weighted by molar-refractivity contribution is -0.0405. The molecule has 22 heavy (non-hydrogen) atoms. The third-order valence-electron chi connectivity index (χ3n) is 3.90. The fourth-order valence-electron chi connectivity index (χ4n) is 2.81. The molecule has 0 amide bonds. The lowest BCUT2D eigenvalue weighted by atomic mass is 10.0. The Kier molecular flexibility index (Phi) is 2.76. The molecular formula is C16H12ClN4O. The molecule has 5 nitrogen and oxygen atoms in total. The molecule has 0 aliphatic heterocycles. The van der Waals surface area contributed by atoms with Gasteiger partial charge in [-0.1, -0.05) is 24.3 Å². The standard InChI is InChI=1S/C16H12ClN4O/c1-16(22,21-9-18-11-6-2-3-8-13(11)21)10-5-4-7-12-14(10)20-15(17)19-12/h2-9H,1H3,(H,19,20). The topological polar surface area (TPSA) is 66.4 Å². The Labute approximate surface area is 131 Å². The van der Waals surface area contributed by atoms with E-state index in [4.69, 9.17) is 11.6 Å². The van der Waals surface area contributed by atoms with Crippen molar-refractivity contribution in [1.29, 1.82) is 0 Å². The Morgan fingerprint density at radius 3 is 2.86 bits per heavy atom. The van der Waals surface area contributed by atoms with Crippen molar-refractivity contribution in [2.45, 2.75) is 12.6 Å². The summed E-state index contributed by atoms with van der Waals surface area (Å²) in [6, 6.07) is 13.0. The first-order valence-corrected chi connectivity index (χ1v) is 7.23. The van der Waals surface area contributed by atoms with Gasteiger partial charge in [-0.3, -0.25) is 4.57 Å². The average Bonchev–Trinajstić information content (AvgIpc) is 3.08. The van der Waals surface area contributed by atoms with Crippen LogP contribution < -0.4 is 0 Å². The fourth-order valence-corrected chi connectivity index (χ4v) is 2.99. The maximum absolute atomic E-state index is 13.4. The van der Waals surface area contributed by atoms with Crippen LogP contribution >= 0.6 is 11.6 Å². The van der Waals surface area contributed by atoms with Crippen LogP contribution in [0.5, 0.6) is 0 Å². The van der Waals surface area contributed by atoms with Gasteiger partial charge in [-0.15, -0.1) is 0 Å². The predicted molar refractivity (Wildman–Crippen MR) is 84.3 cm³/mol. The number of para-hydroxylation sites is 3. The van der Waals surface area contributed by atoms with Gasteiger partial charge in [0, 0.05) is 5.56 Å². The Morgan fingerprint density at radius 1 is 1.18 bits per heavy atom. The van der Waals surface area contributed by atoms with Crippen LogP contribution in [0.15, 0.2) is 48.8 Å².